The molecule has 0 bridgehead atoms. The number of aromatic nitrogens is 2. The van der Waals surface area contributed by atoms with Crippen LogP contribution in [0.5, 0.6) is 0 Å². The molecule has 0 aliphatic carbocycles. The Kier molecular flexibility index (Phi) is 3.96. The molecule has 0 aliphatic rings. The van der Waals surface area contributed by atoms with Gasteiger partial charge in [-0.05, 0) is 22.0 Å². The SMILES string of the molecule is C=Cn1cc(CNc2ccc([N+](=O)[O-])cc2Br)cn1. The van der Waals surface area contributed by atoms with Crippen LogP contribution in [0.25, 0.3) is 6.20 Å². The van der Waals surface area contributed by atoms with Gasteiger partial charge in [-0.25, -0.2) is 4.68 Å². The van der Waals surface area contributed by atoms with E-state index in [-0.39, 0.29) is 5.69 Å². The molecular weight excluding hydrogens is 312 g/mol. The number of non-ortho nitro benzene ring substituents is 1. The standard InChI is InChI=1S/C12H11BrN4O2/c1-2-16-8-9(7-15-16)6-14-12-4-3-10(17(18)19)5-11(12)13/h2-5,7-8,14H,1,6H2. The van der Waals surface area contributed by atoms with Gasteiger partial charge in [0.15, 0.2) is 0 Å². The van der Waals surface area contributed by atoms with Gasteiger partial charge in [-0.3, -0.25) is 10.1 Å². The Morgan fingerprint density at radius 1 is 1.58 bits per heavy atom. The van der Waals surface area contributed by atoms with Crippen molar-refractivity contribution in [1.82, 2.24) is 9.78 Å². The quantitative estimate of drug-likeness (QED) is 0.677. The summed E-state index contributed by atoms with van der Waals surface area (Å²) in [6.07, 6.45) is 5.18. The molecule has 1 aromatic heterocycles. The summed E-state index contributed by atoms with van der Waals surface area (Å²) in [6, 6.07) is 4.59. The molecule has 0 amide bonds. The van der Waals surface area contributed by atoms with Gasteiger partial charge in [0.2, 0.25) is 0 Å². The van der Waals surface area contributed by atoms with Crippen LogP contribution in [0.3, 0.4) is 0 Å². The van der Waals surface area contributed by atoms with Crippen LogP contribution in [-0.4, -0.2) is 14.7 Å². The Bertz CT molecular complexity index is 624. The van der Waals surface area contributed by atoms with Crippen LogP contribution in [-0.2, 0) is 6.54 Å². The molecule has 0 aliphatic heterocycles. The number of rotatable bonds is 5. The van der Waals surface area contributed by atoms with Gasteiger partial charge in [0.25, 0.3) is 5.69 Å². The van der Waals surface area contributed by atoms with E-state index in [9.17, 15) is 10.1 Å². The van der Waals surface area contributed by atoms with Crippen molar-refractivity contribution < 1.29 is 4.92 Å². The molecule has 98 valence electrons. The molecule has 6 nitrogen and oxygen atoms in total. The van der Waals surface area contributed by atoms with E-state index in [4.69, 9.17) is 0 Å². The molecule has 1 N–H and O–H groups in total. The zero-order chi connectivity index (χ0) is 13.8. The molecule has 1 aromatic carbocycles. The smallest absolute Gasteiger partial charge is 0.270 e. The number of benzene rings is 1. The first-order valence-corrected chi connectivity index (χ1v) is 6.23. The first-order chi connectivity index (χ1) is 9.10. The van der Waals surface area contributed by atoms with Gasteiger partial charge in [-0.2, -0.15) is 5.10 Å². The summed E-state index contributed by atoms with van der Waals surface area (Å²) in [5.41, 5.74) is 1.83. The zero-order valence-corrected chi connectivity index (χ0v) is 11.5. The highest BCUT2D eigenvalue weighted by atomic mass is 79.9. The predicted molar refractivity (Wildman–Crippen MR) is 76.7 cm³/mol. The Balaban J connectivity index is 2.07. The first kappa shape index (κ1) is 13.3. The second kappa shape index (κ2) is 5.66. The van der Waals surface area contributed by atoms with Crippen molar-refractivity contribution in [2.75, 3.05) is 5.32 Å². The van der Waals surface area contributed by atoms with Crippen LogP contribution in [0.1, 0.15) is 5.56 Å². The maximum absolute atomic E-state index is 10.6. The monoisotopic (exact) mass is 322 g/mol. The van der Waals surface area contributed by atoms with Crippen molar-refractivity contribution in [1.29, 1.82) is 0 Å². The summed E-state index contributed by atoms with van der Waals surface area (Å²) in [7, 11) is 0. The van der Waals surface area contributed by atoms with Gasteiger partial charge < -0.3 is 5.32 Å². The van der Waals surface area contributed by atoms with E-state index < -0.39 is 4.92 Å². The number of nitrogens with one attached hydrogen (secondary N) is 1. The van der Waals surface area contributed by atoms with Crippen molar-refractivity contribution in [2.45, 2.75) is 6.54 Å². The molecule has 1 heterocycles. The molecule has 19 heavy (non-hydrogen) atoms. The fourth-order valence-electron chi connectivity index (χ4n) is 1.53. The molecule has 2 aromatic rings. The van der Waals surface area contributed by atoms with Crippen LogP contribution in [0.15, 0.2) is 41.6 Å². The highest BCUT2D eigenvalue weighted by Crippen LogP contribution is 2.27. The third-order valence-corrected chi connectivity index (χ3v) is 3.14. The van der Waals surface area contributed by atoms with E-state index >= 15 is 0 Å². The summed E-state index contributed by atoms with van der Waals surface area (Å²) in [5, 5.41) is 17.9. The fourth-order valence-corrected chi connectivity index (χ4v) is 2.03. The Hall–Kier alpha value is -2.15. The minimum atomic E-state index is -0.428. The van der Waals surface area contributed by atoms with E-state index in [0.717, 1.165) is 11.3 Å². The van der Waals surface area contributed by atoms with E-state index in [1.54, 1.807) is 23.1 Å². The summed E-state index contributed by atoms with van der Waals surface area (Å²) in [6.45, 7) is 4.19. The molecule has 0 unspecified atom stereocenters. The summed E-state index contributed by atoms with van der Waals surface area (Å²) in [4.78, 5) is 10.2. The third-order valence-electron chi connectivity index (χ3n) is 2.49. The van der Waals surface area contributed by atoms with Crippen molar-refractivity contribution in [2.24, 2.45) is 0 Å². The van der Waals surface area contributed by atoms with Gasteiger partial charge in [0, 0.05) is 46.8 Å². The average molecular weight is 323 g/mol. The molecule has 0 fully saturated rings. The van der Waals surface area contributed by atoms with E-state index in [1.807, 2.05) is 6.20 Å². The summed E-state index contributed by atoms with van der Waals surface area (Å²) in [5.74, 6) is 0. The summed E-state index contributed by atoms with van der Waals surface area (Å²) < 4.78 is 2.26. The normalized spacial score (nSPS) is 10.2. The van der Waals surface area contributed by atoms with Crippen molar-refractivity contribution in [3.63, 3.8) is 0 Å². The number of hydrogen-bond donors (Lipinski definition) is 1. The topological polar surface area (TPSA) is 73.0 Å². The molecule has 0 saturated heterocycles. The number of anilines is 1. The Morgan fingerprint density at radius 3 is 2.95 bits per heavy atom. The molecular formula is C12H11BrN4O2. The van der Waals surface area contributed by atoms with Gasteiger partial charge in [0.1, 0.15) is 0 Å². The largest absolute Gasteiger partial charge is 0.380 e. The number of nitrogens with zero attached hydrogens (tertiary/aromatic N) is 3. The Labute approximate surface area is 118 Å². The van der Waals surface area contributed by atoms with Crippen molar-refractivity contribution in [3.05, 3.63) is 57.3 Å². The lowest BCUT2D eigenvalue weighted by Gasteiger charge is -2.06. The summed E-state index contributed by atoms with van der Waals surface area (Å²) >= 11 is 3.30. The minimum Gasteiger partial charge on any atom is -0.380 e. The second-order valence-electron chi connectivity index (χ2n) is 3.79. The molecule has 0 spiro atoms. The van der Waals surface area contributed by atoms with E-state index in [0.29, 0.717) is 11.0 Å². The maximum atomic E-state index is 10.6. The van der Waals surface area contributed by atoms with Crippen LogP contribution >= 0.6 is 15.9 Å². The fraction of sp³-hybridized carbons (Fsp3) is 0.0833. The highest BCUT2D eigenvalue weighted by Gasteiger charge is 2.08. The van der Waals surface area contributed by atoms with Crippen LogP contribution in [0.2, 0.25) is 0 Å². The van der Waals surface area contributed by atoms with Gasteiger partial charge in [0.05, 0.1) is 11.1 Å². The van der Waals surface area contributed by atoms with Crippen molar-refractivity contribution >= 4 is 33.5 Å². The second-order valence-corrected chi connectivity index (χ2v) is 4.64. The highest BCUT2D eigenvalue weighted by molar-refractivity contribution is 9.10. The van der Waals surface area contributed by atoms with Crippen LogP contribution in [0.4, 0.5) is 11.4 Å². The molecule has 7 heteroatoms. The lowest BCUT2D eigenvalue weighted by molar-refractivity contribution is -0.384. The number of hydrogen-bond acceptors (Lipinski definition) is 4. The minimum absolute atomic E-state index is 0.0527. The van der Waals surface area contributed by atoms with Gasteiger partial charge in [-0.1, -0.05) is 6.58 Å². The predicted octanol–water partition coefficient (Wildman–Crippen LogP) is 3.27. The van der Waals surface area contributed by atoms with E-state index in [2.05, 4.69) is 32.9 Å². The average Bonchev–Trinajstić information content (AvgIpc) is 2.85. The number of nitro groups is 1. The van der Waals surface area contributed by atoms with Gasteiger partial charge >= 0.3 is 0 Å². The zero-order valence-electron chi connectivity index (χ0n) is 9.91. The van der Waals surface area contributed by atoms with Crippen LogP contribution < -0.4 is 5.32 Å². The molecule has 0 saturated carbocycles. The van der Waals surface area contributed by atoms with E-state index in [1.165, 1.54) is 12.1 Å². The lowest BCUT2D eigenvalue weighted by atomic mass is 10.2. The molecule has 0 atom stereocenters. The third kappa shape index (κ3) is 3.19. The maximum Gasteiger partial charge on any atom is 0.270 e. The lowest BCUT2D eigenvalue weighted by Crippen LogP contribution is -1.99. The molecule has 2 rings (SSSR count). The number of nitro benzene ring substituents is 1. The number of halogens is 1. The Morgan fingerprint density at radius 2 is 2.37 bits per heavy atom. The van der Waals surface area contributed by atoms with Crippen molar-refractivity contribution in [3.8, 4) is 0 Å². The van der Waals surface area contributed by atoms with Gasteiger partial charge in [-0.15, -0.1) is 0 Å². The van der Waals surface area contributed by atoms with Crippen LogP contribution in [0, 0.1) is 10.1 Å². The first-order valence-electron chi connectivity index (χ1n) is 5.43. The molecule has 0 radical (unpaired) electrons.